The molecule has 2 unspecified atom stereocenters. The minimum Gasteiger partial charge on any atom is -0.486 e. The van der Waals surface area contributed by atoms with Crippen LogP contribution in [0, 0.1) is 12.8 Å². The van der Waals surface area contributed by atoms with Gasteiger partial charge in [-0.2, -0.15) is 13.2 Å². The van der Waals surface area contributed by atoms with Gasteiger partial charge >= 0.3 is 12.3 Å². The fourth-order valence-electron chi connectivity index (χ4n) is 4.51. The normalized spacial score (nSPS) is 18.9. The van der Waals surface area contributed by atoms with Gasteiger partial charge in [0.15, 0.2) is 5.88 Å². The molecule has 2 bridgehead atoms. The van der Waals surface area contributed by atoms with Gasteiger partial charge < -0.3 is 19.5 Å². The van der Waals surface area contributed by atoms with Gasteiger partial charge in [-0.05, 0) is 52.8 Å². The largest absolute Gasteiger partial charge is 0.486 e. The minimum absolute atomic E-state index is 0.187. The third-order valence-corrected chi connectivity index (χ3v) is 7.56. The molecule has 1 N–H and O–H groups in total. The maximum atomic E-state index is 13.4. The average molecular weight is 618 g/mol. The third kappa shape index (κ3) is 7.07. The maximum Gasteiger partial charge on any atom is 0.451 e. The quantitative estimate of drug-likeness (QED) is 0.363. The summed E-state index contributed by atoms with van der Waals surface area (Å²) in [5, 5.41) is 3.47. The molecule has 1 aromatic carbocycles. The second kappa shape index (κ2) is 11.5. The Bertz CT molecular complexity index is 1550. The molecule has 10 nitrogen and oxygen atoms in total. The van der Waals surface area contributed by atoms with E-state index in [1.165, 1.54) is 16.2 Å². The molecule has 3 aliphatic heterocycles. The highest BCUT2D eigenvalue weighted by Crippen LogP contribution is 2.35. The van der Waals surface area contributed by atoms with Crippen LogP contribution >= 0.6 is 11.3 Å². The van der Waals surface area contributed by atoms with Gasteiger partial charge in [-0.25, -0.2) is 24.6 Å². The molecule has 228 valence electrons. The molecule has 0 spiro atoms. The van der Waals surface area contributed by atoms with Crippen molar-refractivity contribution < 1.29 is 37.0 Å². The number of fused-ring (bicyclic) bond motifs is 3. The molecule has 6 rings (SSSR count). The Labute approximate surface area is 249 Å². The monoisotopic (exact) mass is 617 g/mol. The number of hydrogen-bond donors (Lipinski definition) is 1. The molecule has 3 atom stereocenters. The van der Waals surface area contributed by atoms with Gasteiger partial charge in [0.25, 0.3) is 5.91 Å². The van der Waals surface area contributed by atoms with Gasteiger partial charge in [-0.1, -0.05) is 0 Å². The molecule has 2 amide bonds. The van der Waals surface area contributed by atoms with E-state index in [2.05, 4.69) is 20.3 Å². The molecule has 3 aliphatic rings. The van der Waals surface area contributed by atoms with Crippen LogP contribution in [0.1, 0.15) is 60.4 Å². The van der Waals surface area contributed by atoms with Crippen molar-refractivity contribution in [3.05, 3.63) is 70.6 Å². The molecule has 1 fully saturated rings. The van der Waals surface area contributed by atoms with E-state index in [1.54, 1.807) is 58.2 Å². The number of nitrogens with one attached hydrogen (secondary N) is 1. The fourth-order valence-corrected chi connectivity index (χ4v) is 5.26. The molecule has 0 radical (unpaired) electrons. The summed E-state index contributed by atoms with van der Waals surface area (Å²) in [7, 11) is 0. The highest BCUT2D eigenvalue weighted by Gasteiger charge is 2.41. The molecular formula is C29H30F3N5O5S. The standard InChI is InChI=1S/C29H30F3N5O5S/c1-15-10-33-25(43-15)18-6-17(24(38)36-16(2)19-11-34-26(35-12-19)29(30,31)32)7-21(8-18)41-22-9-23-37(13-20(22)14-40-23)27(39)42-28(3,4)5/h6-12,16,20,22H,13-14H2,1-5H3,(H,36,38)/t16-,20?,22?/m1/s1. The van der Waals surface area contributed by atoms with Crippen molar-refractivity contribution in [1.29, 1.82) is 0 Å². The Hall–Kier alpha value is -4.20. The predicted octanol–water partition coefficient (Wildman–Crippen LogP) is 5.90. The molecular weight excluding hydrogens is 587 g/mol. The second-order valence-electron chi connectivity index (χ2n) is 11.3. The molecule has 2 aromatic heterocycles. The smallest absolute Gasteiger partial charge is 0.451 e. The number of alkyl halides is 3. The Kier molecular flexibility index (Phi) is 8.07. The van der Waals surface area contributed by atoms with E-state index in [1.807, 2.05) is 6.92 Å². The number of nitrogens with zero attached hydrogens (tertiary/aromatic N) is 4. The number of hydrogen-bond acceptors (Lipinski definition) is 9. The average Bonchev–Trinajstić information content (AvgIpc) is 3.38. The number of ether oxygens (including phenoxy) is 3. The first-order chi connectivity index (χ1) is 20.2. The summed E-state index contributed by atoms with van der Waals surface area (Å²) in [6.07, 6.45) is -0.0774. The van der Waals surface area contributed by atoms with E-state index < -0.39 is 41.7 Å². The number of benzene rings is 1. The number of amides is 2. The van der Waals surface area contributed by atoms with Crippen LogP contribution in [0.25, 0.3) is 10.6 Å². The molecule has 0 saturated carbocycles. The van der Waals surface area contributed by atoms with Gasteiger partial charge in [0, 0.05) is 52.8 Å². The minimum atomic E-state index is -4.66. The lowest BCUT2D eigenvalue weighted by Crippen LogP contribution is -2.52. The van der Waals surface area contributed by atoms with Gasteiger partial charge in [0.2, 0.25) is 5.82 Å². The van der Waals surface area contributed by atoms with Crippen LogP contribution in [-0.2, 0) is 15.7 Å². The zero-order valence-electron chi connectivity index (χ0n) is 24.1. The van der Waals surface area contributed by atoms with Gasteiger partial charge in [-0.15, -0.1) is 11.3 Å². The number of aromatic nitrogens is 3. The van der Waals surface area contributed by atoms with Crippen molar-refractivity contribution >= 4 is 23.3 Å². The number of carbonyl (C=O) groups is 2. The zero-order valence-corrected chi connectivity index (χ0v) is 24.9. The summed E-state index contributed by atoms with van der Waals surface area (Å²) in [5.41, 5.74) is 0.572. The summed E-state index contributed by atoms with van der Waals surface area (Å²) in [6.45, 7) is 9.60. The van der Waals surface area contributed by atoms with Crippen molar-refractivity contribution in [3.8, 4) is 16.3 Å². The lowest BCUT2D eigenvalue weighted by Gasteiger charge is -2.42. The van der Waals surface area contributed by atoms with E-state index in [9.17, 15) is 22.8 Å². The second-order valence-corrected chi connectivity index (χ2v) is 12.5. The van der Waals surface area contributed by atoms with Crippen LogP contribution in [0.4, 0.5) is 18.0 Å². The van der Waals surface area contributed by atoms with Crippen molar-refractivity contribution in [3.63, 3.8) is 0 Å². The molecule has 0 aliphatic carbocycles. The third-order valence-electron chi connectivity index (χ3n) is 6.60. The summed E-state index contributed by atoms with van der Waals surface area (Å²) < 4.78 is 56.1. The lowest BCUT2D eigenvalue weighted by molar-refractivity contribution is -0.145. The lowest BCUT2D eigenvalue weighted by atomic mass is 9.96. The molecule has 3 aromatic rings. The number of rotatable bonds is 6. The Morgan fingerprint density at radius 3 is 2.42 bits per heavy atom. The maximum absolute atomic E-state index is 13.4. The highest BCUT2D eigenvalue weighted by molar-refractivity contribution is 7.14. The van der Waals surface area contributed by atoms with Crippen molar-refractivity contribution in [2.24, 2.45) is 5.92 Å². The van der Waals surface area contributed by atoms with Crippen LogP contribution in [0.2, 0.25) is 0 Å². The number of aryl methyl sites for hydroxylation is 1. The van der Waals surface area contributed by atoms with Crippen LogP contribution in [0.15, 0.2) is 48.7 Å². The van der Waals surface area contributed by atoms with Crippen LogP contribution in [-0.4, -0.2) is 56.7 Å². The summed E-state index contributed by atoms with van der Waals surface area (Å²) in [6, 6.07) is 4.37. The van der Waals surface area contributed by atoms with Crippen LogP contribution in [0.5, 0.6) is 5.75 Å². The Morgan fingerprint density at radius 1 is 1.12 bits per heavy atom. The predicted molar refractivity (Wildman–Crippen MR) is 150 cm³/mol. The molecule has 14 heteroatoms. The molecule has 43 heavy (non-hydrogen) atoms. The summed E-state index contributed by atoms with van der Waals surface area (Å²) in [4.78, 5) is 39.6. The topological polar surface area (TPSA) is 116 Å². The zero-order chi connectivity index (χ0) is 31.1. The van der Waals surface area contributed by atoms with E-state index >= 15 is 0 Å². The van der Waals surface area contributed by atoms with Crippen molar-refractivity contribution in [1.82, 2.24) is 25.2 Å². The van der Waals surface area contributed by atoms with Crippen LogP contribution < -0.4 is 10.1 Å². The highest BCUT2D eigenvalue weighted by atomic mass is 32.1. The van der Waals surface area contributed by atoms with Crippen molar-refractivity contribution in [2.45, 2.75) is 58.5 Å². The first-order valence-electron chi connectivity index (χ1n) is 13.5. The SMILES string of the molecule is Cc1cnc(-c2cc(OC3C=C4OCC3CN4C(=O)OC(C)(C)C)cc(C(=O)N[C@H](C)c3cnc(C(F)(F)F)nc3)c2)s1. The number of thiazole rings is 1. The van der Waals surface area contributed by atoms with Gasteiger partial charge in [0.05, 0.1) is 18.6 Å². The molecule has 5 heterocycles. The van der Waals surface area contributed by atoms with E-state index in [-0.39, 0.29) is 11.5 Å². The van der Waals surface area contributed by atoms with Crippen molar-refractivity contribution in [2.75, 3.05) is 13.2 Å². The van der Waals surface area contributed by atoms with Crippen LogP contribution in [0.3, 0.4) is 0 Å². The van der Waals surface area contributed by atoms with Gasteiger partial charge in [-0.3, -0.25) is 4.79 Å². The first-order valence-corrected chi connectivity index (χ1v) is 14.3. The first kappa shape index (κ1) is 30.3. The fraction of sp³-hybridized carbons (Fsp3) is 0.414. The summed E-state index contributed by atoms with van der Waals surface area (Å²) in [5.74, 6) is -1.17. The van der Waals surface area contributed by atoms with E-state index in [4.69, 9.17) is 14.2 Å². The van der Waals surface area contributed by atoms with Gasteiger partial charge in [0.1, 0.15) is 22.5 Å². The van der Waals surface area contributed by atoms with E-state index in [0.29, 0.717) is 40.9 Å². The number of halogens is 3. The Morgan fingerprint density at radius 2 is 1.84 bits per heavy atom. The summed E-state index contributed by atoms with van der Waals surface area (Å²) >= 11 is 1.45. The van der Waals surface area contributed by atoms with E-state index in [0.717, 1.165) is 17.3 Å². The molecule has 1 saturated heterocycles. The number of carbonyl (C=O) groups excluding carboxylic acids is 2. The Balaban J connectivity index is 1.37.